The third-order valence-corrected chi connectivity index (χ3v) is 4.88. The molecular weight excluding hydrogens is 266 g/mol. The van der Waals surface area contributed by atoms with Crippen molar-refractivity contribution >= 4 is 17.2 Å². The van der Waals surface area contributed by atoms with Gasteiger partial charge in [0.25, 0.3) is 0 Å². The Hall–Kier alpha value is -1.42. The van der Waals surface area contributed by atoms with Gasteiger partial charge in [0.05, 0.1) is 4.88 Å². The predicted molar refractivity (Wildman–Crippen MR) is 87.7 cm³/mol. The number of aryl methyl sites for hydroxylation is 1. The number of nitrogens with zero attached hydrogens (tertiary/aromatic N) is 2. The summed E-state index contributed by atoms with van der Waals surface area (Å²) in [6.07, 6.45) is 0.944. The monoisotopic (exact) mass is 289 g/mol. The predicted octanol–water partition coefficient (Wildman–Crippen LogP) is 4.42. The number of hydrogen-bond acceptors (Lipinski definition) is 4. The molecule has 20 heavy (non-hydrogen) atoms. The average Bonchev–Trinajstić information content (AvgIpc) is 2.87. The number of rotatable bonds is 3. The maximum atomic E-state index is 4.68. The fraction of sp³-hybridized carbons (Fsp3) is 0.500. The first-order valence-corrected chi connectivity index (χ1v) is 7.84. The maximum Gasteiger partial charge on any atom is 0.171 e. The van der Waals surface area contributed by atoms with E-state index in [0.717, 1.165) is 28.6 Å². The van der Waals surface area contributed by atoms with Crippen LogP contribution in [-0.4, -0.2) is 17.0 Å². The summed E-state index contributed by atoms with van der Waals surface area (Å²) >= 11 is 1.78. The van der Waals surface area contributed by atoms with E-state index in [-0.39, 0.29) is 5.41 Å². The van der Waals surface area contributed by atoms with Gasteiger partial charge in [-0.15, -0.1) is 11.3 Å². The van der Waals surface area contributed by atoms with Crippen LogP contribution in [0.15, 0.2) is 12.1 Å². The highest BCUT2D eigenvalue weighted by Gasteiger charge is 2.18. The van der Waals surface area contributed by atoms with Crippen molar-refractivity contribution in [2.24, 2.45) is 0 Å². The van der Waals surface area contributed by atoms with Gasteiger partial charge in [-0.3, -0.25) is 0 Å². The van der Waals surface area contributed by atoms with Crippen LogP contribution >= 0.6 is 11.3 Å². The lowest BCUT2D eigenvalue weighted by Gasteiger charge is -2.15. The Morgan fingerprint density at radius 1 is 1.20 bits per heavy atom. The summed E-state index contributed by atoms with van der Waals surface area (Å²) in [4.78, 5) is 11.9. The minimum atomic E-state index is 0.174. The highest BCUT2D eigenvalue weighted by Crippen LogP contribution is 2.34. The van der Waals surface area contributed by atoms with E-state index in [1.165, 1.54) is 10.4 Å². The molecule has 0 atom stereocenters. The van der Waals surface area contributed by atoms with Crippen molar-refractivity contribution in [3.8, 4) is 10.7 Å². The van der Waals surface area contributed by atoms with E-state index in [1.807, 2.05) is 7.05 Å². The third kappa shape index (κ3) is 2.85. The van der Waals surface area contributed by atoms with E-state index in [4.69, 9.17) is 0 Å². The Labute approximate surface area is 125 Å². The van der Waals surface area contributed by atoms with Crippen molar-refractivity contribution < 1.29 is 0 Å². The highest BCUT2D eigenvalue weighted by molar-refractivity contribution is 7.15. The number of hydrogen-bond donors (Lipinski definition) is 1. The molecule has 0 saturated carbocycles. The second-order valence-electron chi connectivity index (χ2n) is 5.98. The lowest BCUT2D eigenvalue weighted by molar-refractivity contribution is 0.604. The Kier molecular flexibility index (Phi) is 4.14. The molecule has 0 bridgehead atoms. The molecule has 0 unspecified atom stereocenters. The zero-order valence-electron chi connectivity index (χ0n) is 13.2. The maximum absolute atomic E-state index is 4.68. The van der Waals surface area contributed by atoms with Gasteiger partial charge in [-0.2, -0.15) is 0 Å². The van der Waals surface area contributed by atoms with E-state index >= 15 is 0 Å². The largest absolute Gasteiger partial charge is 0.373 e. The average molecular weight is 289 g/mol. The van der Waals surface area contributed by atoms with E-state index in [2.05, 4.69) is 62.0 Å². The van der Waals surface area contributed by atoms with Gasteiger partial charge >= 0.3 is 0 Å². The molecule has 2 aromatic rings. The summed E-state index contributed by atoms with van der Waals surface area (Å²) in [7, 11) is 1.92. The van der Waals surface area contributed by atoms with Crippen molar-refractivity contribution in [3.63, 3.8) is 0 Å². The van der Waals surface area contributed by atoms with E-state index < -0.39 is 0 Å². The van der Waals surface area contributed by atoms with E-state index in [9.17, 15) is 0 Å². The second kappa shape index (κ2) is 5.52. The molecule has 2 rings (SSSR count). The first-order chi connectivity index (χ1) is 9.36. The van der Waals surface area contributed by atoms with Crippen LogP contribution in [0.25, 0.3) is 10.7 Å². The van der Waals surface area contributed by atoms with Crippen LogP contribution < -0.4 is 5.32 Å². The fourth-order valence-corrected chi connectivity index (χ4v) is 3.20. The van der Waals surface area contributed by atoms with Crippen molar-refractivity contribution in [2.75, 3.05) is 12.4 Å². The molecule has 4 heteroatoms. The molecular formula is C16H23N3S. The molecule has 0 radical (unpaired) electrons. The SMILES string of the molecule is CCc1c(C)nc(-c2ccc(C(C)(C)C)s2)nc1NC. The number of anilines is 1. The molecule has 0 saturated heterocycles. The fourth-order valence-electron chi connectivity index (χ4n) is 2.20. The first kappa shape index (κ1) is 15.0. The van der Waals surface area contributed by atoms with E-state index in [0.29, 0.717) is 0 Å². The van der Waals surface area contributed by atoms with Crippen molar-refractivity contribution in [2.45, 2.75) is 46.5 Å². The Morgan fingerprint density at radius 2 is 1.90 bits per heavy atom. The Bertz CT molecular complexity index is 609. The van der Waals surface area contributed by atoms with Crippen LogP contribution in [-0.2, 0) is 11.8 Å². The van der Waals surface area contributed by atoms with Crippen LogP contribution in [0.5, 0.6) is 0 Å². The van der Waals surface area contributed by atoms with E-state index in [1.54, 1.807) is 11.3 Å². The molecule has 2 heterocycles. The van der Waals surface area contributed by atoms with Gasteiger partial charge < -0.3 is 5.32 Å². The Balaban J connectivity index is 2.48. The molecule has 0 amide bonds. The molecule has 0 spiro atoms. The zero-order chi connectivity index (χ0) is 14.9. The Morgan fingerprint density at radius 3 is 2.40 bits per heavy atom. The summed E-state index contributed by atoms with van der Waals surface area (Å²) in [6.45, 7) is 10.9. The lowest BCUT2D eigenvalue weighted by atomic mass is 9.95. The van der Waals surface area contributed by atoms with Gasteiger partial charge in [-0.1, -0.05) is 27.7 Å². The number of nitrogens with one attached hydrogen (secondary N) is 1. The molecule has 0 aliphatic carbocycles. The number of thiophene rings is 1. The molecule has 1 N–H and O–H groups in total. The van der Waals surface area contributed by atoms with Crippen LogP contribution in [0, 0.1) is 6.92 Å². The quantitative estimate of drug-likeness (QED) is 0.909. The van der Waals surface area contributed by atoms with Gasteiger partial charge in [0.2, 0.25) is 0 Å². The number of aromatic nitrogens is 2. The van der Waals surface area contributed by atoms with Gasteiger partial charge in [0.15, 0.2) is 5.82 Å². The van der Waals surface area contributed by atoms with Crippen molar-refractivity contribution in [1.82, 2.24) is 9.97 Å². The van der Waals surface area contributed by atoms with Crippen molar-refractivity contribution in [3.05, 3.63) is 28.3 Å². The standard InChI is InChI=1S/C16H23N3S/c1-7-11-10(2)18-15(19-14(11)17-6)12-8-9-13(20-12)16(3,4)5/h8-9H,7H2,1-6H3,(H,17,18,19). The normalized spacial score (nSPS) is 11.7. The highest BCUT2D eigenvalue weighted by atomic mass is 32.1. The van der Waals surface area contributed by atoms with Gasteiger partial charge in [0, 0.05) is 23.2 Å². The second-order valence-corrected chi connectivity index (χ2v) is 7.06. The van der Waals surface area contributed by atoms with Crippen LogP contribution in [0.3, 0.4) is 0 Å². The molecule has 0 fully saturated rings. The molecule has 0 aliphatic heterocycles. The summed E-state index contributed by atoms with van der Waals surface area (Å²) in [6, 6.07) is 4.32. The molecule has 0 aromatic carbocycles. The summed E-state index contributed by atoms with van der Waals surface area (Å²) < 4.78 is 0. The summed E-state index contributed by atoms with van der Waals surface area (Å²) in [5, 5.41) is 3.19. The van der Waals surface area contributed by atoms with Crippen LogP contribution in [0.1, 0.15) is 43.8 Å². The first-order valence-electron chi connectivity index (χ1n) is 7.02. The minimum Gasteiger partial charge on any atom is -0.373 e. The molecule has 0 aliphatic rings. The molecule has 108 valence electrons. The van der Waals surface area contributed by atoms with Crippen molar-refractivity contribution in [1.29, 1.82) is 0 Å². The van der Waals surface area contributed by atoms with Crippen LogP contribution in [0.4, 0.5) is 5.82 Å². The molecule has 3 nitrogen and oxygen atoms in total. The topological polar surface area (TPSA) is 37.8 Å². The smallest absolute Gasteiger partial charge is 0.171 e. The van der Waals surface area contributed by atoms with Gasteiger partial charge in [0.1, 0.15) is 5.82 Å². The molecule has 2 aromatic heterocycles. The third-order valence-electron chi connectivity index (χ3n) is 3.37. The minimum absolute atomic E-state index is 0.174. The summed E-state index contributed by atoms with van der Waals surface area (Å²) in [5.41, 5.74) is 2.43. The summed E-state index contributed by atoms with van der Waals surface area (Å²) in [5.74, 6) is 1.77. The zero-order valence-corrected chi connectivity index (χ0v) is 14.0. The van der Waals surface area contributed by atoms with Crippen LogP contribution in [0.2, 0.25) is 0 Å². The van der Waals surface area contributed by atoms with Gasteiger partial charge in [-0.05, 0) is 30.9 Å². The lowest BCUT2D eigenvalue weighted by Crippen LogP contribution is -2.07. The van der Waals surface area contributed by atoms with Gasteiger partial charge in [-0.25, -0.2) is 9.97 Å².